The number of likely N-dealkylation sites (tertiary alicyclic amines) is 1. The summed E-state index contributed by atoms with van der Waals surface area (Å²) in [6, 6.07) is 0. The molecule has 0 radical (unpaired) electrons. The molecule has 1 amide bonds. The van der Waals surface area contributed by atoms with E-state index in [2.05, 4.69) is 44.2 Å². The topological polar surface area (TPSA) is 29.5 Å². The lowest BCUT2D eigenvalue weighted by molar-refractivity contribution is 0.0237. The minimum Gasteiger partial charge on any atom is -0.444 e. The Bertz CT molecular complexity index is 342. The summed E-state index contributed by atoms with van der Waals surface area (Å²) >= 11 is 0. The van der Waals surface area contributed by atoms with E-state index in [4.69, 9.17) is 4.74 Å². The molecule has 0 spiro atoms. The first-order valence-electron chi connectivity index (χ1n) is 7.75. The summed E-state index contributed by atoms with van der Waals surface area (Å²) in [4.78, 5) is 14.9. The van der Waals surface area contributed by atoms with E-state index in [-0.39, 0.29) is 6.09 Å². The highest BCUT2D eigenvalue weighted by Crippen LogP contribution is 2.36. The summed E-state index contributed by atoms with van der Waals surface area (Å²) < 4.78 is 5.70. The zero-order valence-corrected chi connectivity index (χ0v) is 16.8. The first-order valence-corrected chi connectivity index (χ1v) is 14.9. The molecule has 0 aromatic heterocycles. The molecule has 20 heavy (non-hydrogen) atoms. The number of hydrogen-bond acceptors (Lipinski definition) is 2. The Morgan fingerprint density at radius 3 is 1.55 bits per heavy atom. The van der Waals surface area contributed by atoms with Gasteiger partial charge in [0.25, 0.3) is 0 Å². The zero-order valence-electron chi connectivity index (χ0n) is 14.8. The largest absolute Gasteiger partial charge is 0.444 e. The van der Waals surface area contributed by atoms with Gasteiger partial charge < -0.3 is 9.64 Å². The van der Waals surface area contributed by atoms with Crippen molar-refractivity contribution in [3.05, 3.63) is 0 Å². The highest BCUT2D eigenvalue weighted by Gasteiger charge is 2.49. The highest BCUT2D eigenvalue weighted by atomic mass is 28.3. The predicted octanol–water partition coefficient (Wildman–Crippen LogP) is 4.51. The number of amides is 1. The molecule has 2 atom stereocenters. The van der Waals surface area contributed by atoms with Crippen molar-refractivity contribution < 1.29 is 9.53 Å². The van der Waals surface area contributed by atoms with Gasteiger partial charge in [-0.1, -0.05) is 39.3 Å². The molecule has 118 valence electrons. The van der Waals surface area contributed by atoms with E-state index in [0.717, 1.165) is 12.8 Å². The summed E-state index contributed by atoms with van der Waals surface area (Å²) in [6.07, 6.45) is 2.23. The van der Waals surface area contributed by atoms with Crippen LogP contribution in [0.1, 0.15) is 33.6 Å². The van der Waals surface area contributed by atoms with Gasteiger partial charge in [0.2, 0.25) is 0 Å². The molecule has 0 saturated carbocycles. The van der Waals surface area contributed by atoms with Crippen LogP contribution in [0.2, 0.25) is 39.3 Å². The Labute approximate surface area is 127 Å². The monoisotopic (exact) mass is 315 g/mol. The van der Waals surface area contributed by atoms with Crippen LogP contribution in [-0.2, 0) is 4.74 Å². The minimum absolute atomic E-state index is 0.0881. The number of carbonyl (C=O) groups is 1. The Balaban J connectivity index is 3.06. The number of carbonyl (C=O) groups excluding carboxylic acids is 1. The third-order valence-corrected chi connectivity index (χ3v) is 9.12. The molecule has 1 aliphatic rings. The van der Waals surface area contributed by atoms with E-state index >= 15 is 0 Å². The van der Waals surface area contributed by atoms with E-state index in [0.29, 0.717) is 11.3 Å². The van der Waals surface area contributed by atoms with Crippen LogP contribution in [-0.4, -0.2) is 44.1 Å². The van der Waals surface area contributed by atoms with Crippen LogP contribution < -0.4 is 0 Å². The molecular formula is C15H33NO2Si2. The van der Waals surface area contributed by atoms with Crippen molar-refractivity contribution in [1.82, 2.24) is 4.90 Å². The molecule has 3 nitrogen and oxygen atoms in total. The van der Waals surface area contributed by atoms with Crippen molar-refractivity contribution in [1.29, 1.82) is 0 Å². The van der Waals surface area contributed by atoms with Crippen molar-refractivity contribution in [2.75, 3.05) is 0 Å². The second-order valence-corrected chi connectivity index (χ2v) is 20.0. The van der Waals surface area contributed by atoms with E-state index < -0.39 is 21.7 Å². The second-order valence-electron chi connectivity index (χ2n) is 9.23. The first-order chi connectivity index (χ1) is 8.73. The van der Waals surface area contributed by atoms with Crippen LogP contribution in [0.25, 0.3) is 0 Å². The molecule has 1 fully saturated rings. The van der Waals surface area contributed by atoms with Gasteiger partial charge in [-0.3, -0.25) is 0 Å². The number of ether oxygens (including phenoxy) is 1. The average Bonchev–Trinajstić information content (AvgIpc) is 2.56. The predicted molar refractivity (Wildman–Crippen MR) is 91.6 cm³/mol. The van der Waals surface area contributed by atoms with E-state index in [9.17, 15) is 4.79 Å². The lowest BCUT2D eigenvalue weighted by Gasteiger charge is -2.41. The maximum atomic E-state index is 12.7. The van der Waals surface area contributed by atoms with Crippen LogP contribution in [0.5, 0.6) is 0 Å². The molecule has 0 aliphatic carbocycles. The molecule has 0 aromatic rings. The number of nitrogens with zero attached hydrogens (tertiary/aromatic N) is 1. The standard InChI is InChI=1S/C15H33NO2Si2/c1-15(2,3)18-14(17)16-12(19(4,5)6)10-11-13(16)20(7,8)9/h12-13H,10-11H2,1-9H3/t12-,13-/m0/s1. The molecule has 1 heterocycles. The van der Waals surface area contributed by atoms with Crippen LogP contribution in [0, 0.1) is 0 Å². The summed E-state index contributed by atoms with van der Waals surface area (Å²) in [6.45, 7) is 20.0. The Morgan fingerprint density at radius 2 is 1.30 bits per heavy atom. The molecule has 0 bridgehead atoms. The fourth-order valence-electron chi connectivity index (χ4n) is 3.08. The van der Waals surface area contributed by atoms with Crippen molar-refractivity contribution in [3.8, 4) is 0 Å². The van der Waals surface area contributed by atoms with E-state index in [1.165, 1.54) is 0 Å². The minimum atomic E-state index is -1.40. The van der Waals surface area contributed by atoms with Crippen molar-refractivity contribution in [2.24, 2.45) is 0 Å². The highest BCUT2D eigenvalue weighted by molar-refractivity contribution is 6.80. The molecule has 1 saturated heterocycles. The van der Waals surface area contributed by atoms with Gasteiger partial charge in [0.15, 0.2) is 0 Å². The summed E-state index contributed by atoms with van der Waals surface area (Å²) in [7, 11) is -2.80. The van der Waals surface area contributed by atoms with Gasteiger partial charge in [0.1, 0.15) is 5.60 Å². The maximum absolute atomic E-state index is 12.7. The maximum Gasteiger partial charge on any atom is 0.410 e. The lowest BCUT2D eigenvalue weighted by atomic mass is 10.2. The molecular weight excluding hydrogens is 282 g/mol. The third kappa shape index (κ3) is 4.35. The van der Waals surface area contributed by atoms with Gasteiger partial charge in [-0.15, -0.1) is 0 Å². The molecule has 0 N–H and O–H groups in total. The molecule has 0 aromatic carbocycles. The first kappa shape index (κ1) is 17.8. The van der Waals surface area contributed by atoms with Crippen molar-refractivity contribution in [2.45, 2.75) is 89.8 Å². The molecule has 1 rings (SSSR count). The van der Waals surface area contributed by atoms with Gasteiger partial charge in [-0.25, -0.2) is 4.79 Å². The fraction of sp³-hybridized carbons (Fsp3) is 0.933. The summed E-state index contributed by atoms with van der Waals surface area (Å²) in [5.74, 6) is 0. The van der Waals surface area contributed by atoms with Crippen LogP contribution in [0.15, 0.2) is 0 Å². The second kappa shape index (κ2) is 5.48. The molecule has 0 unspecified atom stereocenters. The summed E-state index contributed by atoms with van der Waals surface area (Å²) in [5.41, 5.74) is 0.441. The van der Waals surface area contributed by atoms with Crippen LogP contribution in [0.3, 0.4) is 0 Å². The normalized spacial score (nSPS) is 24.9. The Morgan fingerprint density at radius 1 is 0.950 bits per heavy atom. The smallest absolute Gasteiger partial charge is 0.410 e. The van der Waals surface area contributed by atoms with Gasteiger partial charge in [-0.05, 0) is 33.6 Å². The van der Waals surface area contributed by atoms with Crippen LogP contribution in [0.4, 0.5) is 4.79 Å². The third-order valence-electron chi connectivity index (χ3n) is 3.99. The van der Waals surface area contributed by atoms with Gasteiger partial charge in [-0.2, -0.15) is 0 Å². The Hall–Kier alpha value is -0.296. The molecule has 1 aliphatic heterocycles. The average molecular weight is 316 g/mol. The summed E-state index contributed by atoms with van der Waals surface area (Å²) in [5, 5.41) is 0. The zero-order chi connectivity index (χ0) is 15.9. The quantitative estimate of drug-likeness (QED) is 0.702. The number of rotatable bonds is 2. The van der Waals surface area contributed by atoms with Crippen molar-refractivity contribution >= 4 is 22.2 Å². The fourth-order valence-corrected chi connectivity index (χ4v) is 7.53. The van der Waals surface area contributed by atoms with E-state index in [1.807, 2.05) is 20.8 Å². The van der Waals surface area contributed by atoms with Gasteiger partial charge in [0, 0.05) is 11.3 Å². The van der Waals surface area contributed by atoms with Crippen molar-refractivity contribution in [3.63, 3.8) is 0 Å². The SMILES string of the molecule is CC(C)(C)OC(=O)N1[C@@H]([Si](C)(C)C)CC[C@@H]1[Si](C)(C)C. The Kier molecular flexibility index (Phi) is 4.87. The molecule has 5 heteroatoms. The van der Waals surface area contributed by atoms with E-state index in [1.54, 1.807) is 0 Å². The number of hydrogen-bond donors (Lipinski definition) is 0. The lowest BCUT2D eigenvalue weighted by Crippen LogP contribution is -2.58. The van der Waals surface area contributed by atoms with Crippen LogP contribution >= 0.6 is 0 Å². The van der Waals surface area contributed by atoms with Gasteiger partial charge >= 0.3 is 6.09 Å². The van der Waals surface area contributed by atoms with Gasteiger partial charge in [0.05, 0.1) is 16.1 Å².